The molecule has 0 aliphatic rings. The molecule has 0 spiro atoms. The summed E-state index contributed by atoms with van der Waals surface area (Å²) in [4.78, 5) is 0. The van der Waals surface area contributed by atoms with Gasteiger partial charge in [0.25, 0.3) is 0 Å². The predicted molar refractivity (Wildman–Crippen MR) is 79.6 cm³/mol. The predicted octanol–water partition coefficient (Wildman–Crippen LogP) is 5.17. The number of halogens is 3. The first-order chi connectivity index (χ1) is 8.91. The van der Waals surface area contributed by atoms with Crippen molar-refractivity contribution in [2.75, 3.05) is 13.7 Å². The molecule has 1 aromatic rings. The second-order valence-corrected chi connectivity index (χ2v) is 6.81. The van der Waals surface area contributed by atoms with Crippen LogP contribution in [0.1, 0.15) is 19.8 Å². The van der Waals surface area contributed by atoms with Gasteiger partial charge in [0.1, 0.15) is 0 Å². The summed E-state index contributed by atoms with van der Waals surface area (Å²) in [5.74, 6) is 0.158. The second-order valence-electron chi connectivity index (χ2n) is 3.73. The van der Waals surface area contributed by atoms with Gasteiger partial charge >= 0.3 is 7.75 Å². The van der Waals surface area contributed by atoms with Gasteiger partial charge in [0.05, 0.1) is 15.1 Å². The Bertz CT molecular complexity index is 484. The summed E-state index contributed by atoms with van der Waals surface area (Å²) in [5.41, 5.74) is 0. The lowest BCUT2D eigenvalue weighted by atomic mass is 10.3. The zero-order valence-electron chi connectivity index (χ0n) is 10.6. The number of unbranched alkanes of at least 4 members (excludes halogenated alkanes) is 1. The van der Waals surface area contributed by atoms with Crippen LogP contribution in [0.3, 0.4) is 0 Å². The molecule has 19 heavy (non-hydrogen) atoms. The molecule has 8 heteroatoms. The average Bonchev–Trinajstić information content (AvgIpc) is 2.36. The van der Waals surface area contributed by atoms with E-state index >= 15 is 0 Å². The van der Waals surface area contributed by atoms with E-state index in [2.05, 4.69) is 5.09 Å². The van der Waals surface area contributed by atoms with Crippen molar-refractivity contribution in [3.05, 3.63) is 27.2 Å². The minimum Gasteiger partial charge on any atom is -0.412 e. The molecule has 0 aliphatic carbocycles. The number of benzene rings is 1. The Kier molecular flexibility index (Phi) is 6.95. The Balaban J connectivity index is 2.86. The van der Waals surface area contributed by atoms with Crippen LogP contribution >= 0.6 is 42.5 Å². The van der Waals surface area contributed by atoms with Crippen molar-refractivity contribution in [1.29, 1.82) is 0 Å². The third-order valence-corrected chi connectivity index (χ3v) is 4.82. The molecule has 0 saturated carbocycles. The molecular formula is C11H15Cl3NO3P. The fourth-order valence-corrected chi connectivity index (χ4v) is 2.97. The van der Waals surface area contributed by atoms with Crippen LogP contribution in [0, 0.1) is 0 Å². The molecule has 0 aliphatic heterocycles. The van der Waals surface area contributed by atoms with Gasteiger partial charge in [0.15, 0.2) is 5.75 Å². The van der Waals surface area contributed by atoms with Gasteiger partial charge in [-0.2, -0.15) is 0 Å². The third kappa shape index (κ3) is 5.14. The van der Waals surface area contributed by atoms with Gasteiger partial charge < -0.3 is 4.52 Å². The number of hydrogen-bond acceptors (Lipinski definition) is 3. The summed E-state index contributed by atoms with van der Waals surface area (Å²) in [5, 5.41) is 3.50. The molecule has 1 aromatic carbocycles. The Morgan fingerprint density at radius 3 is 2.42 bits per heavy atom. The third-order valence-electron chi connectivity index (χ3n) is 2.27. The van der Waals surface area contributed by atoms with E-state index in [0.717, 1.165) is 12.8 Å². The number of nitrogens with one attached hydrogen (secondary N) is 1. The van der Waals surface area contributed by atoms with Crippen molar-refractivity contribution in [2.45, 2.75) is 19.8 Å². The molecule has 0 aromatic heterocycles. The van der Waals surface area contributed by atoms with Gasteiger partial charge in [-0.1, -0.05) is 48.1 Å². The van der Waals surface area contributed by atoms with E-state index in [1.807, 2.05) is 6.92 Å². The quantitative estimate of drug-likeness (QED) is 0.420. The molecule has 1 atom stereocenters. The van der Waals surface area contributed by atoms with Crippen LogP contribution in [0.2, 0.25) is 15.1 Å². The van der Waals surface area contributed by atoms with Gasteiger partial charge in [0, 0.05) is 19.7 Å². The Labute approximate surface area is 127 Å². The minimum atomic E-state index is -3.45. The second kappa shape index (κ2) is 7.72. The van der Waals surface area contributed by atoms with Crippen LogP contribution in [0.15, 0.2) is 12.1 Å². The van der Waals surface area contributed by atoms with Gasteiger partial charge in [-0.25, -0.2) is 9.65 Å². The van der Waals surface area contributed by atoms with Crippen LogP contribution in [0.25, 0.3) is 0 Å². The standard InChI is InChI=1S/C11H15Cl3NO3P/c1-3-4-5-15-19(16,17-2)18-11-7-9(13)8(12)6-10(11)14/h6-7H,3-5H2,1-2H3,(H,15,16). The Morgan fingerprint density at radius 2 is 1.84 bits per heavy atom. The molecule has 1 rings (SSSR count). The maximum Gasteiger partial charge on any atom is 0.458 e. The van der Waals surface area contributed by atoms with Crippen LogP contribution in [-0.2, 0) is 9.09 Å². The molecule has 0 bridgehead atoms. The molecule has 1 N–H and O–H groups in total. The highest BCUT2D eigenvalue weighted by Crippen LogP contribution is 2.46. The van der Waals surface area contributed by atoms with Gasteiger partial charge in [-0.3, -0.25) is 4.52 Å². The summed E-state index contributed by atoms with van der Waals surface area (Å²) in [6, 6.07) is 2.83. The summed E-state index contributed by atoms with van der Waals surface area (Å²) in [6.45, 7) is 2.54. The molecule has 0 fully saturated rings. The lowest BCUT2D eigenvalue weighted by Gasteiger charge is -2.18. The van der Waals surface area contributed by atoms with Crippen molar-refractivity contribution < 1.29 is 13.6 Å². The molecule has 0 saturated heterocycles. The van der Waals surface area contributed by atoms with Crippen LogP contribution in [0.5, 0.6) is 5.75 Å². The summed E-state index contributed by atoms with van der Waals surface area (Å²) < 4.78 is 22.5. The van der Waals surface area contributed by atoms with Gasteiger partial charge in [-0.15, -0.1) is 0 Å². The largest absolute Gasteiger partial charge is 0.458 e. The fourth-order valence-electron chi connectivity index (χ4n) is 1.23. The maximum absolute atomic E-state index is 12.3. The van der Waals surface area contributed by atoms with E-state index < -0.39 is 7.75 Å². The van der Waals surface area contributed by atoms with E-state index in [4.69, 9.17) is 43.9 Å². The van der Waals surface area contributed by atoms with Crippen LogP contribution in [0.4, 0.5) is 0 Å². The molecular weight excluding hydrogens is 331 g/mol. The summed E-state index contributed by atoms with van der Waals surface area (Å²) in [6.07, 6.45) is 1.82. The first kappa shape index (κ1) is 17.1. The van der Waals surface area contributed by atoms with Crippen molar-refractivity contribution in [3.8, 4) is 5.75 Å². The molecule has 4 nitrogen and oxygen atoms in total. The van der Waals surface area contributed by atoms with E-state index in [1.54, 1.807) is 0 Å². The maximum atomic E-state index is 12.3. The Hall–Kier alpha value is 0.0400. The molecule has 0 radical (unpaired) electrons. The first-order valence-corrected chi connectivity index (χ1v) is 8.34. The van der Waals surface area contributed by atoms with E-state index in [9.17, 15) is 4.57 Å². The zero-order valence-corrected chi connectivity index (χ0v) is 13.7. The summed E-state index contributed by atoms with van der Waals surface area (Å²) >= 11 is 17.6. The van der Waals surface area contributed by atoms with E-state index in [0.29, 0.717) is 11.6 Å². The fraction of sp³-hybridized carbons (Fsp3) is 0.455. The van der Waals surface area contributed by atoms with Gasteiger partial charge in [0.2, 0.25) is 0 Å². The highest BCUT2D eigenvalue weighted by Gasteiger charge is 2.25. The zero-order chi connectivity index (χ0) is 14.5. The smallest absolute Gasteiger partial charge is 0.412 e. The van der Waals surface area contributed by atoms with Gasteiger partial charge in [-0.05, 0) is 12.5 Å². The number of rotatable bonds is 7. The minimum absolute atomic E-state index is 0.158. The van der Waals surface area contributed by atoms with Crippen molar-refractivity contribution in [1.82, 2.24) is 5.09 Å². The average molecular weight is 347 g/mol. The van der Waals surface area contributed by atoms with Crippen LogP contribution < -0.4 is 9.61 Å². The highest BCUT2D eigenvalue weighted by atomic mass is 35.5. The van der Waals surface area contributed by atoms with Crippen LogP contribution in [-0.4, -0.2) is 13.7 Å². The first-order valence-electron chi connectivity index (χ1n) is 5.67. The lowest BCUT2D eigenvalue weighted by molar-refractivity contribution is 0.309. The lowest BCUT2D eigenvalue weighted by Crippen LogP contribution is -2.17. The molecule has 0 amide bonds. The van der Waals surface area contributed by atoms with Crippen molar-refractivity contribution >= 4 is 42.5 Å². The number of hydrogen-bond donors (Lipinski definition) is 1. The Morgan fingerprint density at radius 1 is 1.21 bits per heavy atom. The van der Waals surface area contributed by atoms with E-state index in [1.165, 1.54) is 19.2 Å². The molecule has 108 valence electrons. The molecule has 0 heterocycles. The highest BCUT2D eigenvalue weighted by molar-refractivity contribution is 7.52. The molecule has 1 unspecified atom stereocenters. The normalized spacial score (nSPS) is 14.2. The van der Waals surface area contributed by atoms with E-state index in [-0.39, 0.29) is 15.8 Å². The topological polar surface area (TPSA) is 47.6 Å². The van der Waals surface area contributed by atoms with Crippen molar-refractivity contribution in [3.63, 3.8) is 0 Å². The monoisotopic (exact) mass is 345 g/mol. The SMILES string of the molecule is CCCCNP(=O)(OC)Oc1cc(Cl)c(Cl)cc1Cl. The summed E-state index contributed by atoms with van der Waals surface area (Å²) in [7, 11) is -2.15. The van der Waals surface area contributed by atoms with Crippen molar-refractivity contribution in [2.24, 2.45) is 0 Å².